The number of hydrogen-bond donors (Lipinski definition) is 0. The number of rotatable bonds is 3. The van der Waals surface area contributed by atoms with E-state index in [1.54, 1.807) is 22.7 Å². The summed E-state index contributed by atoms with van der Waals surface area (Å²) < 4.78 is 1.09. The Hall–Kier alpha value is -3.01. The molecule has 4 aromatic rings. The number of anilines is 1. The Balaban J connectivity index is 1.63. The van der Waals surface area contributed by atoms with Gasteiger partial charge in [-0.25, -0.2) is 9.78 Å². The molecule has 0 saturated carbocycles. The molecular weight excluding hydrogens is 526 g/mol. The molecule has 7 heteroatoms. The highest BCUT2D eigenvalue weighted by molar-refractivity contribution is 9.11. The Morgan fingerprint density at radius 1 is 0.882 bits per heavy atom. The summed E-state index contributed by atoms with van der Waals surface area (Å²) in [7, 11) is 0. The highest BCUT2D eigenvalue weighted by Gasteiger charge is 2.34. The van der Waals surface area contributed by atoms with Crippen LogP contribution in [0, 0.1) is 11.3 Å². The van der Waals surface area contributed by atoms with Gasteiger partial charge in [-0.3, -0.25) is 0 Å². The van der Waals surface area contributed by atoms with Gasteiger partial charge in [0, 0.05) is 39.5 Å². The van der Waals surface area contributed by atoms with Gasteiger partial charge in [0.25, 0.3) is 0 Å². The van der Waals surface area contributed by atoms with Crippen LogP contribution in [-0.4, -0.2) is 24.0 Å². The Kier molecular flexibility index (Phi) is 5.47. The van der Waals surface area contributed by atoms with Gasteiger partial charge in [-0.05, 0) is 65.0 Å². The summed E-state index contributed by atoms with van der Waals surface area (Å²) >= 11 is 6.90. The first-order chi connectivity index (χ1) is 16.7. The van der Waals surface area contributed by atoms with Crippen molar-refractivity contribution in [3.05, 3.63) is 69.0 Å². The zero-order chi connectivity index (χ0) is 23.2. The van der Waals surface area contributed by atoms with Crippen molar-refractivity contribution in [2.75, 3.05) is 18.0 Å². The quantitative estimate of drug-likeness (QED) is 0.222. The lowest BCUT2D eigenvalue weighted by molar-refractivity contribution is 0.569. The molecule has 0 unspecified atom stereocenters. The molecule has 0 N–H and O–H groups in total. The number of pyridine rings is 1. The van der Waals surface area contributed by atoms with E-state index in [9.17, 15) is 10.1 Å². The smallest absolute Gasteiger partial charge is 0.147 e. The van der Waals surface area contributed by atoms with Crippen LogP contribution in [-0.2, 0) is 4.79 Å². The number of halogens is 1. The van der Waals surface area contributed by atoms with Crippen molar-refractivity contribution in [3.63, 3.8) is 0 Å². The molecule has 1 fully saturated rings. The first kappa shape index (κ1) is 21.5. The monoisotopic (exact) mass is 543 g/mol. The molecule has 0 spiro atoms. The van der Waals surface area contributed by atoms with Crippen molar-refractivity contribution in [1.29, 1.82) is 5.26 Å². The minimum Gasteiger partial charge on any atom is -0.355 e. The second-order valence-electron chi connectivity index (χ2n) is 8.36. The molecule has 0 atom stereocenters. The lowest BCUT2D eigenvalue weighted by Crippen LogP contribution is -2.31. The molecule has 1 saturated heterocycles. The van der Waals surface area contributed by atoms with Crippen molar-refractivity contribution in [3.8, 4) is 37.5 Å². The predicted octanol–water partition coefficient (Wildman–Crippen LogP) is 7.41. The van der Waals surface area contributed by atoms with Crippen molar-refractivity contribution in [1.82, 2.24) is 4.98 Å². The van der Waals surface area contributed by atoms with Crippen LogP contribution in [0.5, 0.6) is 0 Å². The molecule has 1 aliphatic heterocycles. The first-order valence-corrected chi connectivity index (χ1v) is 13.6. The minimum absolute atomic E-state index is 0.489. The van der Waals surface area contributed by atoms with E-state index >= 15 is 0 Å². The average molecular weight is 544 g/mol. The molecular formula is C27H18BrN3OS2. The minimum atomic E-state index is 0.489. The highest BCUT2D eigenvalue weighted by Crippen LogP contribution is 2.51. The maximum absolute atomic E-state index is 12.2. The van der Waals surface area contributed by atoms with Crippen molar-refractivity contribution < 1.29 is 4.79 Å². The van der Waals surface area contributed by atoms with Gasteiger partial charge in [-0.15, -0.1) is 22.7 Å². The van der Waals surface area contributed by atoms with Crippen LogP contribution < -0.4 is 4.90 Å². The number of hydrogen-bond acceptors (Lipinski definition) is 6. The summed E-state index contributed by atoms with van der Waals surface area (Å²) in [5.74, 6) is 2.91. The molecule has 166 valence electrons. The Labute approximate surface area is 214 Å². The van der Waals surface area contributed by atoms with Gasteiger partial charge in [0.2, 0.25) is 0 Å². The van der Waals surface area contributed by atoms with E-state index in [4.69, 9.17) is 4.98 Å². The van der Waals surface area contributed by atoms with Gasteiger partial charge in [0.05, 0.1) is 19.9 Å². The van der Waals surface area contributed by atoms with Crippen molar-refractivity contribution in [2.45, 2.75) is 19.3 Å². The number of piperidine rings is 1. The second kappa shape index (κ2) is 8.65. The normalized spacial score (nSPS) is 14.5. The highest BCUT2D eigenvalue weighted by atomic mass is 79.9. The van der Waals surface area contributed by atoms with Crippen LogP contribution in [0.1, 0.15) is 36.0 Å². The van der Waals surface area contributed by atoms with Crippen molar-refractivity contribution >= 4 is 55.9 Å². The van der Waals surface area contributed by atoms with E-state index < -0.39 is 0 Å². The second-order valence-corrected chi connectivity index (χ2v) is 11.9. The van der Waals surface area contributed by atoms with E-state index in [0.717, 1.165) is 73.2 Å². The topological polar surface area (TPSA) is 57.0 Å². The van der Waals surface area contributed by atoms with Gasteiger partial charge in [-0.2, -0.15) is 5.26 Å². The zero-order valence-electron chi connectivity index (χ0n) is 18.1. The maximum atomic E-state index is 12.2. The summed E-state index contributed by atoms with van der Waals surface area (Å²) in [6, 6.07) is 18.6. The Bertz CT molecular complexity index is 1530. The third kappa shape index (κ3) is 3.38. The Morgan fingerprint density at radius 3 is 2.29 bits per heavy atom. The van der Waals surface area contributed by atoms with E-state index in [0.29, 0.717) is 11.1 Å². The standard InChI is InChI=1S/C27H18BrN3OS2/c28-23-11-10-21(34-23)20-8-9-22(33-20)26-25-19(15-32)16-6-2-3-7-17(16)24(25)18(14-29)27(30-26)31-12-4-1-5-13-31/h2-3,6-11H,1,4-5,12-13H2. The third-order valence-corrected chi connectivity index (χ3v) is 9.33. The first-order valence-electron chi connectivity index (χ1n) is 11.1. The maximum Gasteiger partial charge on any atom is 0.147 e. The summed E-state index contributed by atoms with van der Waals surface area (Å²) in [5, 5.41) is 10.3. The Morgan fingerprint density at radius 2 is 1.59 bits per heavy atom. The van der Waals surface area contributed by atoms with Crippen LogP contribution in [0.2, 0.25) is 0 Å². The lowest BCUT2D eigenvalue weighted by Gasteiger charge is -2.29. The number of nitriles is 1. The number of fused-ring (bicyclic) bond motifs is 3. The van der Waals surface area contributed by atoms with Crippen LogP contribution in [0.25, 0.3) is 37.0 Å². The van der Waals surface area contributed by atoms with Crippen LogP contribution in [0.4, 0.5) is 5.82 Å². The van der Waals surface area contributed by atoms with Crippen LogP contribution in [0.15, 0.2) is 52.3 Å². The molecule has 4 nitrogen and oxygen atoms in total. The van der Waals surface area contributed by atoms with Gasteiger partial charge in [-0.1, -0.05) is 24.3 Å². The number of aromatic nitrogens is 1. The number of benzene rings is 1. The molecule has 2 aliphatic rings. The summed E-state index contributed by atoms with van der Waals surface area (Å²) in [5.41, 5.74) is 5.08. The molecule has 6 rings (SSSR count). The molecule has 34 heavy (non-hydrogen) atoms. The fraction of sp³-hybridized carbons (Fsp3) is 0.185. The fourth-order valence-corrected chi connectivity index (χ4v) is 7.39. The van der Waals surface area contributed by atoms with Crippen molar-refractivity contribution in [2.24, 2.45) is 0 Å². The molecule has 0 radical (unpaired) electrons. The molecule has 0 amide bonds. The summed E-state index contributed by atoms with van der Waals surface area (Å²) in [6.45, 7) is 1.77. The molecule has 4 heterocycles. The SMILES string of the molecule is N#Cc1c(N2CCCCC2)nc(-c2ccc(-c3ccc(Br)s3)s2)c2c1-c1ccccc1C2=C=O. The van der Waals surface area contributed by atoms with Gasteiger partial charge < -0.3 is 4.90 Å². The van der Waals surface area contributed by atoms with E-state index in [-0.39, 0.29) is 0 Å². The third-order valence-electron chi connectivity index (χ3n) is 6.42. The average Bonchev–Trinajstić information content (AvgIpc) is 3.61. The molecule has 1 aliphatic carbocycles. The summed E-state index contributed by atoms with van der Waals surface area (Å²) in [4.78, 5) is 22.9. The molecule has 1 aromatic carbocycles. The van der Waals surface area contributed by atoms with E-state index in [1.165, 1.54) is 11.3 Å². The fourth-order valence-electron chi connectivity index (χ4n) is 4.91. The zero-order valence-corrected chi connectivity index (χ0v) is 21.3. The van der Waals surface area contributed by atoms with E-state index in [2.05, 4.69) is 57.1 Å². The number of nitrogens with zero attached hydrogens (tertiary/aromatic N) is 3. The lowest BCUT2D eigenvalue weighted by atomic mass is 9.97. The van der Waals surface area contributed by atoms with Crippen LogP contribution >= 0.6 is 38.6 Å². The number of carbonyl (C=O) groups excluding carboxylic acids is 1. The number of thiophene rings is 2. The van der Waals surface area contributed by atoms with Gasteiger partial charge >= 0.3 is 0 Å². The van der Waals surface area contributed by atoms with Crippen LogP contribution in [0.3, 0.4) is 0 Å². The molecule has 3 aromatic heterocycles. The predicted molar refractivity (Wildman–Crippen MR) is 143 cm³/mol. The largest absolute Gasteiger partial charge is 0.355 e. The van der Waals surface area contributed by atoms with Gasteiger partial charge in [0.1, 0.15) is 23.4 Å². The van der Waals surface area contributed by atoms with Gasteiger partial charge in [0.15, 0.2) is 0 Å². The molecule has 0 bridgehead atoms. The van der Waals surface area contributed by atoms with E-state index in [1.807, 2.05) is 24.3 Å². The summed E-state index contributed by atoms with van der Waals surface area (Å²) in [6.07, 6.45) is 3.37.